The third-order valence-electron chi connectivity index (χ3n) is 2.06. The van der Waals surface area contributed by atoms with Crippen molar-refractivity contribution < 1.29 is 9.13 Å². The Hall–Kier alpha value is -0.450. The largest absolute Gasteiger partial charge is 0.383 e. The summed E-state index contributed by atoms with van der Waals surface area (Å²) < 4.78 is 18.8. The first kappa shape index (κ1) is 12.6. The van der Waals surface area contributed by atoms with Crippen molar-refractivity contribution in [2.24, 2.45) is 0 Å². The molecule has 0 aromatic heterocycles. The molecule has 0 radical (unpaired) electrons. The summed E-state index contributed by atoms with van der Waals surface area (Å²) >= 11 is 3.39. The van der Waals surface area contributed by atoms with Gasteiger partial charge in [0.1, 0.15) is 5.82 Å². The molecule has 0 aliphatic rings. The van der Waals surface area contributed by atoms with Gasteiger partial charge in [-0.1, -0.05) is 15.9 Å². The lowest BCUT2D eigenvalue weighted by Crippen LogP contribution is -2.21. The van der Waals surface area contributed by atoms with Gasteiger partial charge in [-0.3, -0.25) is 0 Å². The molecule has 0 spiro atoms. The van der Waals surface area contributed by atoms with Crippen molar-refractivity contribution in [2.45, 2.75) is 6.42 Å². The summed E-state index contributed by atoms with van der Waals surface area (Å²) in [6, 6.07) is 4.74. The molecule has 0 saturated heterocycles. The molecule has 1 aromatic carbocycles. The van der Waals surface area contributed by atoms with E-state index < -0.39 is 0 Å². The summed E-state index contributed by atoms with van der Waals surface area (Å²) in [7, 11) is 1.67. The molecule has 0 atom stereocenters. The standard InChI is InChI=1S/C11H15BrFNO/c1-15-7-6-14-5-4-9-8-10(13)2-3-11(9)12/h2-3,8,14H,4-7H2,1H3. The van der Waals surface area contributed by atoms with E-state index in [0.29, 0.717) is 6.61 Å². The minimum Gasteiger partial charge on any atom is -0.383 e. The number of benzene rings is 1. The molecule has 0 aliphatic heterocycles. The van der Waals surface area contributed by atoms with Crippen molar-refractivity contribution in [3.05, 3.63) is 34.1 Å². The topological polar surface area (TPSA) is 21.3 Å². The maximum atomic E-state index is 12.9. The van der Waals surface area contributed by atoms with Gasteiger partial charge in [-0.25, -0.2) is 4.39 Å². The molecule has 0 saturated carbocycles. The van der Waals surface area contributed by atoms with Crippen LogP contribution in [0, 0.1) is 5.82 Å². The van der Waals surface area contributed by atoms with Gasteiger partial charge in [0.05, 0.1) is 6.61 Å². The molecule has 15 heavy (non-hydrogen) atoms. The zero-order valence-electron chi connectivity index (χ0n) is 8.72. The van der Waals surface area contributed by atoms with E-state index in [2.05, 4.69) is 21.2 Å². The molecule has 84 valence electrons. The van der Waals surface area contributed by atoms with Crippen molar-refractivity contribution >= 4 is 15.9 Å². The van der Waals surface area contributed by atoms with Crippen LogP contribution < -0.4 is 5.32 Å². The predicted molar refractivity (Wildman–Crippen MR) is 62.5 cm³/mol. The van der Waals surface area contributed by atoms with Crippen LogP contribution in [-0.2, 0) is 11.2 Å². The number of rotatable bonds is 6. The summed E-state index contributed by atoms with van der Waals surface area (Å²) in [5.74, 6) is -0.190. The van der Waals surface area contributed by atoms with Crippen LogP contribution in [-0.4, -0.2) is 26.8 Å². The molecular weight excluding hydrogens is 261 g/mol. The van der Waals surface area contributed by atoms with Gasteiger partial charge < -0.3 is 10.1 Å². The second-order valence-electron chi connectivity index (χ2n) is 3.23. The predicted octanol–water partition coefficient (Wildman–Crippen LogP) is 2.37. The first-order valence-electron chi connectivity index (χ1n) is 4.87. The summed E-state index contributed by atoms with van der Waals surface area (Å²) in [6.07, 6.45) is 0.808. The van der Waals surface area contributed by atoms with Crippen LogP contribution in [0.5, 0.6) is 0 Å². The Morgan fingerprint density at radius 1 is 1.40 bits per heavy atom. The highest BCUT2D eigenvalue weighted by molar-refractivity contribution is 9.10. The molecule has 0 unspecified atom stereocenters. The molecule has 1 rings (SSSR count). The van der Waals surface area contributed by atoms with Crippen LogP contribution in [0.1, 0.15) is 5.56 Å². The number of hydrogen-bond donors (Lipinski definition) is 1. The zero-order chi connectivity index (χ0) is 11.1. The molecule has 1 N–H and O–H groups in total. The van der Waals surface area contributed by atoms with Crippen LogP contribution in [0.15, 0.2) is 22.7 Å². The molecule has 0 bridgehead atoms. The van der Waals surface area contributed by atoms with Gasteiger partial charge in [-0.15, -0.1) is 0 Å². The highest BCUT2D eigenvalue weighted by atomic mass is 79.9. The smallest absolute Gasteiger partial charge is 0.123 e. The quantitative estimate of drug-likeness (QED) is 0.805. The third-order valence-corrected chi connectivity index (χ3v) is 2.84. The van der Waals surface area contributed by atoms with E-state index in [1.807, 2.05) is 0 Å². The lowest BCUT2D eigenvalue weighted by atomic mass is 10.1. The van der Waals surface area contributed by atoms with Crippen LogP contribution in [0.25, 0.3) is 0 Å². The van der Waals surface area contributed by atoms with Gasteiger partial charge in [0.2, 0.25) is 0 Å². The van der Waals surface area contributed by atoms with Gasteiger partial charge in [0.25, 0.3) is 0 Å². The fourth-order valence-corrected chi connectivity index (χ4v) is 1.70. The Bertz CT molecular complexity index is 307. The second-order valence-corrected chi connectivity index (χ2v) is 4.08. The first-order chi connectivity index (χ1) is 7.24. The minimum absolute atomic E-state index is 0.190. The van der Waals surface area contributed by atoms with E-state index in [1.54, 1.807) is 19.2 Å². The van der Waals surface area contributed by atoms with Crippen molar-refractivity contribution in [1.82, 2.24) is 5.32 Å². The molecular formula is C11H15BrFNO. The molecule has 0 fully saturated rings. The first-order valence-corrected chi connectivity index (χ1v) is 5.67. The zero-order valence-corrected chi connectivity index (χ0v) is 10.3. The van der Waals surface area contributed by atoms with Crippen LogP contribution >= 0.6 is 15.9 Å². The average molecular weight is 276 g/mol. The van der Waals surface area contributed by atoms with Gasteiger partial charge in [0, 0.05) is 18.1 Å². The lowest BCUT2D eigenvalue weighted by Gasteiger charge is -2.06. The maximum Gasteiger partial charge on any atom is 0.123 e. The van der Waals surface area contributed by atoms with Crippen molar-refractivity contribution in [2.75, 3.05) is 26.8 Å². The number of halogens is 2. The molecule has 2 nitrogen and oxygen atoms in total. The van der Waals surface area contributed by atoms with Crippen LogP contribution in [0.4, 0.5) is 4.39 Å². The average Bonchev–Trinajstić information content (AvgIpc) is 2.23. The fourth-order valence-electron chi connectivity index (χ4n) is 1.26. The SMILES string of the molecule is COCCNCCc1cc(F)ccc1Br. The van der Waals surface area contributed by atoms with E-state index in [4.69, 9.17) is 4.74 Å². The number of hydrogen-bond acceptors (Lipinski definition) is 2. The van der Waals surface area contributed by atoms with E-state index in [-0.39, 0.29) is 5.82 Å². The van der Waals surface area contributed by atoms with Crippen molar-refractivity contribution in [3.63, 3.8) is 0 Å². The lowest BCUT2D eigenvalue weighted by molar-refractivity contribution is 0.199. The van der Waals surface area contributed by atoms with E-state index in [0.717, 1.165) is 29.5 Å². The Labute approximate surface area is 98.0 Å². The van der Waals surface area contributed by atoms with Gasteiger partial charge in [0.15, 0.2) is 0 Å². The van der Waals surface area contributed by atoms with Crippen LogP contribution in [0.2, 0.25) is 0 Å². The van der Waals surface area contributed by atoms with E-state index >= 15 is 0 Å². The Balaban J connectivity index is 2.33. The molecule has 0 amide bonds. The number of ether oxygens (including phenoxy) is 1. The third kappa shape index (κ3) is 4.73. The molecule has 4 heteroatoms. The highest BCUT2D eigenvalue weighted by Gasteiger charge is 2.00. The Morgan fingerprint density at radius 2 is 2.20 bits per heavy atom. The number of methoxy groups -OCH3 is 1. The summed E-state index contributed by atoms with van der Waals surface area (Å²) in [4.78, 5) is 0. The Morgan fingerprint density at radius 3 is 2.93 bits per heavy atom. The van der Waals surface area contributed by atoms with Gasteiger partial charge in [-0.2, -0.15) is 0 Å². The normalized spacial score (nSPS) is 10.6. The number of nitrogens with one attached hydrogen (secondary N) is 1. The summed E-state index contributed by atoms with van der Waals surface area (Å²) in [5.41, 5.74) is 0.986. The van der Waals surface area contributed by atoms with Gasteiger partial charge >= 0.3 is 0 Å². The minimum atomic E-state index is -0.190. The molecule has 0 heterocycles. The fraction of sp³-hybridized carbons (Fsp3) is 0.455. The molecule has 0 aliphatic carbocycles. The monoisotopic (exact) mass is 275 g/mol. The van der Waals surface area contributed by atoms with Crippen molar-refractivity contribution in [3.8, 4) is 0 Å². The van der Waals surface area contributed by atoms with E-state index in [1.165, 1.54) is 6.07 Å². The summed E-state index contributed by atoms with van der Waals surface area (Å²) in [5, 5.41) is 3.21. The Kier molecular flexibility index (Phi) is 5.83. The summed E-state index contributed by atoms with van der Waals surface area (Å²) in [6.45, 7) is 2.35. The maximum absolute atomic E-state index is 12.9. The van der Waals surface area contributed by atoms with Crippen molar-refractivity contribution in [1.29, 1.82) is 0 Å². The van der Waals surface area contributed by atoms with E-state index in [9.17, 15) is 4.39 Å². The van der Waals surface area contributed by atoms with Gasteiger partial charge in [-0.05, 0) is 36.7 Å². The molecule has 1 aromatic rings. The highest BCUT2D eigenvalue weighted by Crippen LogP contribution is 2.17. The second kappa shape index (κ2) is 6.93. The van der Waals surface area contributed by atoms with Crippen LogP contribution in [0.3, 0.4) is 0 Å².